The molecule has 0 spiro atoms. The molecule has 290 valence electrons. The average molecular weight is 938 g/mol. The van der Waals surface area contributed by atoms with Gasteiger partial charge in [0.2, 0.25) is 10.0 Å². The molecule has 2 fully saturated rings. The summed E-state index contributed by atoms with van der Waals surface area (Å²) >= 11 is 14.0. The fourth-order valence-corrected chi connectivity index (χ4v) is 12.7. The number of amides is 1. The zero-order valence-electron chi connectivity index (χ0n) is 29.1. The van der Waals surface area contributed by atoms with Crippen molar-refractivity contribution < 1.29 is 31.5 Å². The molecule has 1 aromatic carbocycles. The van der Waals surface area contributed by atoms with Crippen LogP contribution in [-0.4, -0.2) is 81.9 Å². The van der Waals surface area contributed by atoms with Gasteiger partial charge in [0.05, 0.1) is 4.47 Å². The molecule has 2 aromatic heterocycles. The number of pyridine rings is 1. The van der Waals surface area contributed by atoms with Gasteiger partial charge < -0.3 is 15.3 Å². The highest BCUT2D eigenvalue weighted by atomic mass is 79.9. The topological polar surface area (TPSA) is 166 Å². The largest absolute Gasteiger partial charge is 0.480 e. The molecule has 0 saturated carbocycles. The minimum absolute atomic E-state index is 0.0610. The van der Waals surface area contributed by atoms with Gasteiger partial charge in [-0.2, -0.15) is 9.03 Å². The van der Waals surface area contributed by atoms with E-state index in [0.29, 0.717) is 69.0 Å². The van der Waals surface area contributed by atoms with Crippen molar-refractivity contribution in [3.8, 4) is 0 Å². The van der Waals surface area contributed by atoms with Crippen molar-refractivity contribution in [2.24, 2.45) is 11.8 Å². The molecule has 1 unspecified atom stereocenters. The van der Waals surface area contributed by atoms with Crippen LogP contribution in [0.3, 0.4) is 0 Å². The summed E-state index contributed by atoms with van der Waals surface area (Å²) in [6, 6.07) is 10.5. The molecule has 3 N–H and O–H groups in total. The van der Waals surface area contributed by atoms with Crippen molar-refractivity contribution in [1.29, 1.82) is 0 Å². The Balaban J connectivity index is 1.02. The number of carbonyl (C=O) groups is 2. The van der Waals surface area contributed by atoms with E-state index in [1.54, 1.807) is 34.6 Å². The van der Waals surface area contributed by atoms with Crippen molar-refractivity contribution in [3.05, 3.63) is 67.5 Å². The lowest BCUT2D eigenvalue weighted by Gasteiger charge is -2.34. The number of carboxylic acids is 1. The normalized spacial score (nSPS) is 17.2. The van der Waals surface area contributed by atoms with Crippen LogP contribution in [0, 0.1) is 11.8 Å². The van der Waals surface area contributed by atoms with Gasteiger partial charge in [0.25, 0.3) is 15.9 Å². The van der Waals surface area contributed by atoms with Crippen LogP contribution in [0.25, 0.3) is 0 Å². The maximum Gasteiger partial charge on any atom is 0.321 e. The zero-order chi connectivity index (χ0) is 38.2. The second kappa shape index (κ2) is 19.2. The van der Waals surface area contributed by atoms with Crippen LogP contribution < -0.4 is 14.9 Å². The van der Waals surface area contributed by atoms with Crippen LogP contribution in [0.1, 0.15) is 74.6 Å². The number of benzene rings is 1. The van der Waals surface area contributed by atoms with Crippen molar-refractivity contribution in [1.82, 2.24) is 19.3 Å². The Labute approximate surface area is 337 Å². The highest BCUT2D eigenvalue weighted by Crippen LogP contribution is 2.37. The van der Waals surface area contributed by atoms with Gasteiger partial charge in [-0.25, -0.2) is 21.8 Å². The Morgan fingerprint density at radius 1 is 0.925 bits per heavy atom. The lowest BCUT2D eigenvalue weighted by molar-refractivity contribution is -0.139. The van der Waals surface area contributed by atoms with Crippen molar-refractivity contribution >= 4 is 92.5 Å². The number of hydrogen-bond acceptors (Lipinski definition) is 9. The number of piperidine rings is 2. The van der Waals surface area contributed by atoms with E-state index in [4.69, 9.17) is 11.6 Å². The summed E-state index contributed by atoms with van der Waals surface area (Å²) in [5.74, 6) is 0.228. The maximum atomic E-state index is 13.2. The summed E-state index contributed by atoms with van der Waals surface area (Å²) in [7, 11) is -7.70. The number of carboxylic acid groups (broad SMARTS) is 1. The molecule has 1 amide bonds. The molecule has 18 heteroatoms. The number of hydrogen-bond donors (Lipinski definition) is 3. The third-order valence-electron chi connectivity index (χ3n) is 9.87. The predicted molar refractivity (Wildman–Crippen MR) is 214 cm³/mol. The fraction of sp³-hybridized carbons (Fsp3) is 0.514. The zero-order valence-corrected chi connectivity index (χ0v) is 35.4. The number of thiophene rings is 1. The minimum Gasteiger partial charge on any atom is -0.480 e. The third-order valence-corrected chi connectivity index (χ3v) is 16.7. The number of carbonyl (C=O) groups excluding carboxylic acids is 1. The van der Waals surface area contributed by atoms with Crippen molar-refractivity contribution in [2.45, 2.75) is 79.4 Å². The van der Waals surface area contributed by atoms with Crippen LogP contribution in [0.2, 0.25) is 4.34 Å². The SMILES string of the molecule is O=C(NCCCCC(NS(=O)(=O)c1cnc(N2CCC(CCCC3CCN(S(=O)(=O)c4cc(Br)c(Cl)s4)CC3)CC2)c(Br)c1)C(=O)O)c1ccccc1. The molecule has 0 radical (unpaired) electrons. The molecule has 3 aromatic rings. The minimum atomic E-state index is -4.17. The predicted octanol–water partition coefficient (Wildman–Crippen LogP) is 7.14. The van der Waals surface area contributed by atoms with Crippen LogP contribution in [0.15, 0.2) is 66.7 Å². The first kappa shape index (κ1) is 42.0. The lowest BCUT2D eigenvalue weighted by Crippen LogP contribution is -2.41. The molecule has 0 aliphatic carbocycles. The quantitative estimate of drug-likeness (QED) is 0.119. The van der Waals surface area contributed by atoms with Gasteiger partial charge >= 0.3 is 5.97 Å². The van der Waals surface area contributed by atoms with E-state index in [-0.39, 0.29) is 21.4 Å². The molecule has 4 heterocycles. The molecular weight excluding hydrogens is 894 g/mol. The summed E-state index contributed by atoms with van der Waals surface area (Å²) in [4.78, 5) is 30.6. The molecular formula is C35H44Br2ClN5O7S3. The molecule has 53 heavy (non-hydrogen) atoms. The van der Waals surface area contributed by atoms with E-state index < -0.39 is 32.1 Å². The number of rotatable bonds is 17. The molecule has 2 aliphatic rings. The monoisotopic (exact) mass is 935 g/mol. The van der Waals surface area contributed by atoms with Crippen molar-refractivity contribution in [3.63, 3.8) is 0 Å². The van der Waals surface area contributed by atoms with Crippen LogP contribution in [0.4, 0.5) is 5.82 Å². The summed E-state index contributed by atoms with van der Waals surface area (Å²) in [6.45, 7) is 2.95. The van der Waals surface area contributed by atoms with Gasteiger partial charge in [-0.3, -0.25) is 9.59 Å². The van der Waals surface area contributed by atoms with Gasteiger partial charge in [0, 0.05) is 49.0 Å². The number of anilines is 1. The average Bonchev–Trinajstić information content (AvgIpc) is 3.49. The van der Waals surface area contributed by atoms with Gasteiger partial charge in [-0.05, 0) is 113 Å². The number of aliphatic carboxylic acids is 1. The smallest absolute Gasteiger partial charge is 0.321 e. The first-order valence-corrected chi connectivity index (χ1v) is 23.4. The van der Waals surface area contributed by atoms with Gasteiger partial charge in [-0.15, -0.1) is 11.3 Å². The Morgan fingerprint density at radius 3 is 2.15 bits per heavy atom. The number of nitrogens with zero attached hydrogens (tertiary/aromatic N) is 3. The highest BCUT2D eigenvalue weighted by molar-refractivity contribution is 9.11. The number of halogens is 3. The maximum absolute atomic E-state index is 13.2. The Kier molecular flexibility index (Phi) is 15.2. The molecule has 2 aliphatic heterocycles. The van der Waals surface area contributed by atoms with E-state index in [1.165, 1.54) is 12.3 Å². The van der Waals surface area contributed by atoms with Gasteiger partial charge in [-0.1, -0.05) is 49.1 Å². The van der Waals surface area contributed by atoms with E-state index in [9.17, 15) is 31.5 Å². The Morgan fingerprint density at radius 2 is 1.57 bits per heavy atom. The molecule has 5 rings (SSSR count). The summed E-state index contributed by atoms with van der Waals surface area (Å²) in [5, 5.41) is 12.5. The molecule has 0 bridgehead atoms. The Hall–Kier alpha value is -2.12. The van der Waals surface area contributed by atoms with Gasteiger partial charge in [0.15, 0.2) is 0 Å². The summed E-state index contributed by atoms with van der Waals surface area (Å²) < 4.78 is 58.1. The third kappa shape index (κ3) is 11.5. The van der Waals surface area contributed by atoms with Crippen LogP contribution in [0.5, 0.6) is 0 Å². The fourth-order valence-electron chi connectivity index (χ4n) is 6.80. The number of sulfonamides is 2. The van der Waals surface area contributed by atoms with E-state index in [2.05, 4.69) is 51.8 Å². The van der Waals surface area contributed by atoms with Crippen molar-refractivity contribution in [2.75, 3.05) is 37.6 Å². The number of unbranched alkanes of at least 4 members (excludes halogenated alkanes) is 1. The van der Waals surface area contributed by atoms with E-state index >= 15 is 0 Å². The van der Waals surface area contributed by atoms with Crippen LogP contribution >= 0.6 is 54.8 Å². The Bertz CT molecular complexity index is 1920. The number of aromatic nitrogens is 1. The second-order valence-corrected chi connectivity index (χ2v) is 20.7. The summed E-state index contributed by atoms with van der Waals surface area (Å²) in [5.41, 5.74) is 0.531. The molecule has 2 saturated heterocycles. The first-order valence-electron chi connectivity index (χ1n) is 17.7. The van der Waals surface area contributed by atoms with E-state index in [1.807, 2.05) is 6.07 Å². The molecule has 12 nitrogen and oxygen atoms in total. The number of nitrogens with one attached hydrogen (secondary N) is 2. The van der Waals surface area contributed by atoms with Crippen LogP contribution in [-0.2, 0) is 24.8 Å². The van der Waals surface area contributed by atoms with Gasteiger partial charge in [0.1, 0.15) is 25.3 Å². The van der Waals surface area contributed by atoms with E-state index in [0.717, 1.165) is 69.4 Å². The molecule has 1 atom stereocenters. The first-order chi connectivity index (χ1) is 25.2. The highest BCUT2D eigenvalue weighted by Gasteiger charge is 2.32. The summed E-state index contributed by atoms with van der Waals surface area (Å²) in [6.07, 6.45) is 9.17. The standard InChI is InChI=1S/C35H44Br2ClN5O7S3/c36-28-22-31(51-32(28)38)53(49,50)43-19-14-25(15-20-43)8-6-7-24-12-17-42(18-13-24)33-29(37)21-27(23-40-33)52(47,48)41-30(35(45)46)11-4-5-16-39-34(44)26-9-2-1-3-10-26/h1-3,9-10,21-25,30,41H,4-8,11-20H2,(H,39,44)(H,45,46). The lowest BCUT2D eigenvalue weighted by atomic mass is 9.87. The second-order valence-electron chi connectivity index (χ2n) is 13.5.